The Hall–Kier alpha value is -0.0800. The highest BCUT2D eigenvalue weighted by Crippen LogP contribution is 2.26. The van der Waals surface area contributed by atoms with Gasteiger partial charge in [0, 0.05) is 13.1 Å². The molecule has 0 aromatic carbocycles. The van der Waals surface area contributed by atoms with Gasteiger partial charge in [-0.15, -0.1) is 0 Å². The summed E-state index contributed by atoms with van der Waals surface area (Å²) in [5.74, 6) is 0.610. The minimum Gasteiger partial charge on any atom is -0.391 e. The van der Waals surface area contributed by atoms with Gasteiger partial charge < -0.3 is 10.0 Å². The Labute approximate surface area is 55.5 Å². The highest BCUT2D eigenvalue weighted by Gasteiger charge is 2.33. The number of rotatable bonds is 0. The fourth-order valence-corrected chi connectivity index (χ4v) is 1.98. The van der Waals surface area contributed by atoms with Crippen LogP contribution in [-0.2, 0) is 0 Å². The topological polar surface area (TPSA) is 23.5 Å². The second-order valence-corrected chi connectivity index (χ2v) is 3.23. The van der Waals surface area contributed by atoms with Crippen LogP contribution in [0.25, 0.3) is 0 Å². The van der Waals surface area contributed by atoms with E-state index in [2.05, 4.69) is 4.90 Å². The van der Waals surface area contributed by atoms with Gasteiger partial charge in [0.1, 0.15) is 0 Å². The van der Waals surface area contributed by atoms with Crippen LogP contribution in [0.2, 0.25) is 0 Å². The van der Waals surface area contributed by atoms with Crippen molar-refractivity contribution in [1.29, 1.82) is 0 Å². The minimum atomic E-state index is -0.00694. The van der Waals surface area contributed by atoms with Gasteiger partial charge in [-0.25, -0.2) is 0 Å². The van der Waals surface area contributed by atoms with Crippen LogP contribution in [0.3, 0.4) is 0 Å². The third-order valence-corrected chi connectivity index (χ3v) is 2.53. The van der Waals surface area contributed by atoms with Gasteiger partial charge in [-0.1, -0.05) is 0 Å². The molecule has 52 valence electrons. The van der Waals surface area contributed by atoms with Crippen LogP contribution in [0.15, 0.2) is 0 Å². The van der Waals surface area contributed by atoms with E-state index in [1.54, 1.807) is 0 Å². The Morgan fingerprint density at radius 3 is 2.89 bits per heavy atom. The summed E-state index contributed by atoms with van der Waals surface area (Å²) in [4.78, 5) is 2.36. The first-order valence-corrected chi connectivity index (χ1v) is 3.76. The molecule has 0 radical (unpaired) electrons. The van der Waals surface area contributed by atoms with E-state index >= 15 is 0 Å². The Balaban J connectivity index is 2.07. The van der Waals surface area contributed by atoms with E-state index in [0.29, 0.717) is 5.92 Å². The predicted molar refractivity (Wildman–Crippen MR) is 35.2 cm³/mol. The lowest BCUT2D eigenvalue weighted by Crippen LogP contribution is -2.25. The van der Waals surface area contributed by atoms with E-state index in [4.69, 9.17) is 0 Å². The smallest absolute Gasteiger partial charge is 0.0707 e. The van der Waals surface area contributed by atoms with Crippen LogP contribution < -0.4 is 0 Å². The van der Waals surface area contributed by atoms with Crippen LogP contribution in [0, 0.1) is 5.92 Å². The Morgan fingerprint density at radius 1 is 1.33 bits per heavy atom. The van der Waals surface area contributed by atoms with E-state index in [9.17, 15) is 5.11 Å². The maximum absolute atomic E-state index is 9.36. The van der Waals surface area contributed by atoms with Crippen molar-refractivity contribution in [2.24, 2.45) is 5.92 Å². The highest BCUT2D eigenvalue weighted by molar-refractivity contribution is 4.87. The SMILES string of the molecule is O[C@@H]1CN2CCC[C@@H]1C2. The maximum atomic E-state index is 9.36. The summed E-state index contributed by atoms with van der Waals surface area (Å²) in [6, 6.07) is 0. The quantitative estimate of drug-likeness (QED) is 0.498. The molecule has 2 saturated heterocycles. The molecule has 9 heavy (non-hydrogen) atoms. The molecule has 0 amide bonds. The summed E-state index contributed by atoms with van der Waals surface area (Å²) in [7, 11) is 0. The molecule has 1 N–H and O–H groups in total. The average Bonchev–Trinajstić information content (AvgIpc) is 2.09. The predicted octanol–water partition coefficient (Wildman–Crippen LogP) is 0.0729. The fraction of sp³-hybridized carbons (Fsp3) is 1.00. The fourth-order valence-electron chi connectivity index (χ4n) is 1.98. The second kappa shape index (κ2) is 1.96. The summed E-state index contributed by atoms with van der Waals surface area (Å²) in [6.07, 6.45) is 2.53. The Morgan fingerprint density at radius 2 is 2.22 bits per heavy atom. The van der Waals surface area contributed by atoms with Crippen LogP contribution in [-0.4, -0.2) is 35.7 Å². The number of fused-ring (bicyclic) bond motifs is 2. The van der Waals surface area contributed by atoms with Crippen LogP contribution in [0.4, 0.5) is 0 Å². The summed E-state index contributed by atoms with van der Waals surface area (Å²) in [5, 5.41) is 9.36. The molecule has 0 aromatic heterocycles. The normalized spacial score (nSPS) is 49.7. The molecule has 2 bridgehead atoms. The van der Waals surface area contributed by atoms with Crippen molar-refractivity contribution >= 4 is 0 Å². The van der Waals surface area contributed by atoms with E-state index < -0.39 is 0 Å². The molecule has 1 unspecified atom stereocenters. The third-order valence-electron chi connectivity index (χ3n) is 2.53. The number of nitrogens with zero attached hydrogens (tertiary/aromatic N) is 1. The first-order chi connectivity index (χ1) is 4.36. The average molecular weight is 127 g/mol. The van der Waals surface area contributed by atoms with Crippen LogP contribution >= 0.6 is 0 Å². The van der Waals surface area contributed by atoms with Crippen molar-refractivity contribution in [2.45, 2.75) is 18.9 Å². The van der Waals surface area contributed by atoms with E-state index in [1.165, 1.54) is 19.4 Å². The first kappa shape index (κ1) is 5.69. The molecule has 0 aliphatic carbocycles. The van der Waals surface area contributed by atoms with Gasteiger partial charge in [0.15, 0.2) is 0 Å². The molecule has 2 rings (SSSR count). The molecule has 2 aliphatic rings. The monoisotopic (exact) mass is 127 g/mol. The van der Waals surface area contributed by atoms with Crippen molar-refractivity contribution in [1.82, 2.24) is 4.90 Å². The molecule has 2 nitrogen and oxygen atoms in total. The molecule has 0 saturated carbocycles. The Kier molecular flexibility index (Phi) is 1.24. The second-order valence-electron chi connectivity index (χ2n) is 3.23. The molecule has 2 heteroatoms. The summed E-state index contributed by atoms with van der Waals surface area (Å²) in [6.45, 7) is 3.30. The van der Waals surface area contributed by atoms with Crippen molar-refractivity contribution in [3.8, 4) is 0 Å². The van der Waals surface area contributed by atoms with E-state index in [-0.39, 0.29) is 6.10 Å². The van der Waals surface area contributed by atoms with Gasteiger partial charge in [0.25, 0.3) is 0 Å². The zero-order valence-corrected chi connectivity index (χ0v) is 5.58. The molecule has 2 heterocycles. The third kappa shape index (κ3) is 0.864. The van der Waals surface area contributed by atoms with Gasteiger partial charge in [-0.05, 0) is 25.3 Å². The molecule has 0 spiro atoms. The Bertz CT molecular complexity index is 113. The lowest BCUT2D eigenvalue weighted by Gasteiger charge is -2.20. The number of aliphatic hydroxyl groups is 1. The van der Waals surface area contributed by atoms with Gasteiger partial charge in [0.05, 0.1) is 6.10 Å². The zero-order chi connectivity index (χ0) is 6.27. The molecule has 3 atom stereocenters. The van der Waals surface area contributed by atoms with Gasteiger partial charge in [-0.2, -0.15) is 0 Å². The summed E-state index contributed by atoms with van der Waals surface area (Å²) >= 11 is 0. The van der Waals surface area contributed by atoms with Crippen molar-refractivity contribution < 1.29 is 5.11 Å². The molecule has 0 aromatic rings. The van der Waals surface area contributed by atoms with E-state index in [0.717, 1.165) is 13.1 Å². The first-order valence-electron chi connectivity index (χ1n) is 3.76. The van der Waals surface area contributed by atoms with Crippen molar-refractivity contribution in [2.75, 3.05) is 19.6 Å². The number of hydrogen-bond acceptors (Lipinski definition) is 2. The molecular weight excluding hydrogens is 114 g/mol. The van der Waals surface area contributed by atoms with E-state index in [1.807, 2.05) is 0 Å². The van der Waals surface area contributed by atoms with Gasteiger partial charge in [-0.3, -0.25) is 0 Å². The zero-order valence-electron chi connectivity index (χ0n) is 5.58. The van der Waals surface area contributed by atoms with Crippen LogP contribution in [0.5, 0.6) is 0 Å². The van der Waals surface area contributed by atoms with Gasteiger partial charge >= 0.3 is 0 Å². The minimum absolute atomic E-state index is 0.00694. The lowest BCUT2D eigenvalue weighted by molar-refractivity contribution is 0.144. The van der Waals surface area contributed by atoms with Crippen molar-refractivity contribution in [3.05, 3.63) is 0 Å². The highest BCUT2D eigenvalue weighted by atomic mass is 16.3. The van der Waals surface area contributed by atoms with Gasteiger partial charge in [0.2, 0.25) is 0 Å². The van der Waals surface area contributed by atoms with Crippen molar-refractivity contribution in [3.63, 3.8) is 0 Å². The number of aliphatic hydroxyl groups excluding tert-OH is 1. The van der Waals surface area contributed by atoms with Crippen LogP contribution in [0.1, 0.15) is 12.8 Å². The summed E-state index contributed by atoms with van der Waals surface area (Å²) in [5.41, 5.74) is 0. The number of hydrogen-bond donors (Lipinski definition) is 1. The lowest BCUT2D eigenvalue weighted by atomic mass is 9.99. The maximum Gasteiger partial charge on any atom is 0.0707 e. The summed E-state index contributed by atoms with van der Waals surface area (Å²) < 4.78 is 0. The largest absolute Gasteiger partial charge is 0.391 e. The number of piperidine rings is 1. The standard InChI is InChI=1S/C7H13NO/c9-7-5-8-3-1-2-6(7)4-8/h6-7,9H,1-5H2/t6-,7-/m1/s1. The molecule has 2 aliphatic heterocycles. The molecular formula is C7H13NO. The molecule has 2 fully saturated rings.